The lowest BCUT2D eigenvalue weighted by Gasteiger charge is -2.29. The van der Waals surface area contributed by atoms with Crippen molar-refractivity contribution in [1.29, 1.82) is 0 Å². The Kier molecular flexibility index (Phi) is 5.23. The first-order chi connectivity index (χ1) is 12.4. The topological polar surface area (TPSA) is 14.2 Å². The second kappa shape index (κ2) is 7.75. The molecule has 2 aromatic carbocycles. The molecule has 2 unspecified atom stereocenters. The Labute approximate surface area is 152 Å². The van der Waals surface area contributed by atoms with Crippen LogP contribution in [0.4, 0.5) is 0 Å². The third kappa shape index (κ3) is 3.40. The first kappa shape index (κ1) is 16.9. The van der Waals surface area contributed by atoms with Crippen molar-refractivity contribution in [3.8, 4) is 0 Å². The zero-order chi connectivity index (χ0) is 17.1. The van der Waals surface area contributed by atoms with Crippen molar-refractivity contribution in [2.24, 2.45) is 0 Å². The molecule has 2 heterocycles. The lowest BCUT2D eigenvalue weighted by molar-refractivity contribution is 0.0620. The third-order valence-electron chi connectivity index (χ3n) is 5.90. The van der Waals surface area contributed by atoms with Crippen molar-refractivity contribution in [3.63, 3.8) is 0 Å². The SMILES string of the molecule is CC[SiH](CCCn1c2ccccc2c2ccccc21)C1CCCCO1. The Hall–Kier alpha value is -1.58. The molecular weight excluding hydrogens is 322 g/mol. The summed E-state index contributed by atoms with van der Waals surface area (Å²) in [6.07, 6.45) is 5.25. The number of rotatable bonds is 6. The maximum Gasteiger partial charge on any atom is 0.0715 e. The van der Waals surface area contributed by atoms with Gasteiger partial charge in [0.25, 0.3) is 0 Å². The molecule has 2 nitrogen and oxygen atoms in total. The van der Waals surface area contributed by atoms with E-state index >= 15 is 0 Å². The van der Waals surface area contributed by atoms with Crippen LogP contribution in [0.25, 0.3) is 21.8 Å². The zero-order valence-electron chi connectivity index (χ0n) is 15.3. The van der Waals surface area contributed by atoms with E-state index in [2.05, 4.69) is 60.0 Å². The molecule has 1 aliphatic rings. The molecule has 0 spiro atoms. The van der Waals surface area contributed by atoms with Crippen molar-refractivity contribution >= 4 is 30.6 Å². The molecule has 0 aliphatic carbocycles. The average molecular weight is 352 g/mol. The van der Waals surface area contributed by atoms with Crippen LogP contribution in [0.15, 0.2) is 48.5 Å². The van der Waals surface area contributed by atoms with Crippen molar-refractivity contribution in [2.45, 2.75) is 57.0 Å². The molecule has 0 N–H and O–H groups in total. The van der Waals surface area contributed by atoms with Gasteiger partial charge in [-0.1, -0.05) is 55.4 Å². The van der Waals surface area contributed by atoms with Crippen LogP contribution in [-0.4, -0.2) is 25.7 Å². The summed E-state index contributed by atoms with van der Waals surface area (Å²) in [5.41, 5.74) is 3.40. The highest BCUT2D eigenvalue weighted by molar-refractivity contribution is 6.60. The Balaban J connectivity index is 1.52. The second-order valence-electron chi connectivity index (χ2n) is 7.40. The van der Waals surface area contributed by atoms with Gasteiger partial charge in [-0.25, -0.2) is 0 Å². The lowest BCUT2D eigenvalue weighted by atomic mass is 10.2. The van der Waals surface area contributed by atoms with E-state index in [4.69, 9.17) is 4.74 Å². The fourth-order valence-electron chi connectivity index (χ4n) is 4.55. The van der Waals surface area contributed by atoms with Gasteiger partial charge in [0.05, 0.1) is 8.80 Å². The fraction of sp³-hybridized carbons (Fsp3) is 0.455. The van der Waals surface area contributed by atoms with Crippen molar-refractivity contribution in [2.75, 3.05) is 6.61 Å². The lowest BCUT2D eigenvalue weighted by Crippen LogP contribution is -2.35. The molecular formula is C22H29NOSi. The summed E-state index contributed by atoms with van der Waals surface area (Å²) in [5, 5.41) is 2.77. The molecule has 4 rings (SSSR count). The molecule has 0 bridgehead atoms. The fourth-order valence-corrected chi connectivity index (χ4v) is 7.67. The first-order valence-corrected chi connectivity index (χ1v) is 12.3. The molecule has 132 valence electrons. The Morgan fingerprint density at radius 3 is 2.28 bits per heavy atom. The molecule has 3 heteroatoms. The third-order valence-corrected chi connectivity index (χ3v) is 9.68. The zero-order valence-corrected chi connectivity index (χ0v) is 16.4. The van der Waals surface area contributed by atoms with Crippen LogP contribution in [0.5, 0.6) is 0 Å². The summed E-state index contributed by atoms with van der Waals surface area (Å²) >= 11 is 0. The number of hydrogen-bond acceptors (Lipinski definition) is 1. The number of aromatic nitrogens is 1. The van der Waals surface area contributed by atoms with Gasteiger partial charge in [-0.2, -0.15) is 0 Å². The molecule has 1 aromatic heterocycles. The molecule has 0 amide bonds. The van der Waals surface area contributed by atoms with Crippen LogP contribution in [0.3, 0.4) is 0 Å². The second-order valence-corrected chi connectivity index (χ2v) is 11.1. The summed E-state index contributed by atoms with van der Waals surface area (Å²) in [7, 11) is -0.776. The predicted molar refractivity (Wildman–Crippen MR) is 110 cm³/mol. The van der Waals surface area contributed by atoms with E-state index in [1.165, 1.54) is 59.6 Å². The number of aryl methyl sites for hydroxylation is 1. The molecule has 0 saturated carbocycles. The number of ether oxygens (including phenoxy) is 1. The highest BCUT2D eigenvalue weighted by Gasteiger charge is 2.24. The molecule has 2 atom stereocenters. The van der Waals surface area contributed by atoms with Crippen molar-refractivity contribution < 1.29 is 4.74 Å². The van der Waals surface area contributed by atoms with Gasteiger partial charge in [0.15, 0.2) is 0 Å². The van der Waals surface area contributed by atoms with Gasteiger partial charge in [0.2, 0.25) is 0 Å². The van der Waals surface area contributed by atoms with E-state index < -0.39 is 8.80 Å². The number of benzene rings is 2. The van der Waals surface area contributed by atoms with E-state index in [9.17, 15) is 0 Å². The molecule has 1 aliphatic heterocycles. The highest BCUT2D eigenvalue weighted by Crippen LogP contribution is 2.29. The van der Waals surface area contributed by atoms with Gasteiger partial charge in [-0.15, -0.1) is 0 Å². The van der Waals surface area contributed by atoms with Gasteiger partial charge in [-0.05, 0) is 37.8 Å². The van der Waals surface area contributed by atoms with Gasteiger partial charge < -0.3 is 9.30 Å². The van der Waals surface area contributed by atoms with Crippen molar-refractivity contribution in [1.82, 2.24) is 4.57 Å². The predicted octanol–water partition coefficient (Wildman–Crippen LogP) is 5.54. The maximum absolute atomic E-state index is 6.11. The van der Waals surface area contributed by atoms with E-state index in [0.29, 0.717) is 5.73 Å². The Bertz CT molecular complexity index is 781. The average Bonchev–Trinajstić information content (AvgIpc) is 3.00. The van der Waals surface area contributed by atoms with Crippen LogP contribution in [0.1, 0.15) is 32.6 Å². The van der Waals surface area contributed by atoms with Gasteiger partial charge in [-0.3, -0.25) is 0 Å². The summed E-state index contributed by atoms with van der Waals surface area (Å²) in [5.74, 6) is 0. The number of para-hydroxylation sites is 2. The van der Waals surface area contributed by atoms with E-state index in [0.717, 1.165) is 13.2 Å². The maximum atomic E-state index is 6.11. The van der Waals surface area contributed by atoms with E-state index in [1.54, 1.807) is 0 Å². The smallest absolute Gasteiger partial charge is 0.0715 e. The summed E-state index contributed by atoms with van der Waals surface area (Å²) in [6, 6.07) is 20.5. The van der Waals surface area contributed by atoms with Crippen molar-refractivity contribution in [3.05, 3.63) is 48.5 Å². The van der Waals surface area contributed by atoms with E-state index in [-0.39, 0.29) is 0 Å². The molecule has 3 aromatic rings. The Morgan fingerprint density at radius 2 is 1.68 bits per heavy atom. The van der Waals surface area contributed by atoms with Crippen LogP contribution >= 0.6 is 0 Å². The summed E-state index contributed by atoms with van der Waals surface area (Å²) < 4.78 is 8.65. The largest absolute Gasteiger partial charge is 0.382 e. The van der Waals surface area contributed by atoms with Crippen LogP contribution in [-0.2, 0) is 11.3 Å². The molecule has 1 fully saturated rings. The minimum absolute atomic E-state index is 0.636. The van der Waals surface area contributed by atoms with Gasteiger partial charge in [0, 0.05) is 40.7 Å². The Morgan fingerprint density at radius 1 is 1.00 bits per heavy atom. The normalized spacial score (nSPS) is 19.5. The van der Waals surface area contributed by atoms with E-state index in [1.807, 2.05) is 0 Å². The van der Waals surface area contributed by atoms with Crippen LogP contribution in [0.2, 0.25) is 12.1 Å². The molecule has 1 saturated heterocycles. The molecule has 0 radical (unpaired) electrons. The quantitative estimate of drug-likeness (QED) is 0.532. The van der Waals surface area contributed by atoms with Crippen LogP contribution < -0.4 is 0 Å². The summed E-state index contributed by atoms with van der Waals surface area (Å²) in [6.45, 7) is 4.51. The van der Waals surface area contributed by atoms with Gasteiger partial charge in [0.1, 0.15) is 0 Å². The number of nitrogens with zero attached hydrogens (tertiary/aromatic N) is 1. The summed E-state index contributed by atoms with van der Waals surface area (Å²) in [4.78, 5) is 0. The number of fused-ring (bicyclic) bond motifs is 3. The van der Waals surface area contributed by atoms with Gasteiger partial charge >= 0.3 is 0 Å². The number of hydrogen-bond donors (Lipinski definition) is 0. The highest BCUT2D eigenvalue weighted by atomic mass is 28.3. The monoisotopic (exact) mass is 351 g/mol. The standard InChI is InChI=1S/C22H29NOSi/c1-2-25(22-14-7-8-16-24-22)17-9-15-23-20-12-5-3-10-18(20)19-11-4-6-13-21(19)23/h3-6,10-13,22,25H,2,7-9,14-17H2,1H3. The van der Waals surface area contributed by atoms with Crippen LogP contribution in [0, 0.1) is 0 Å². The minimum Gasteiger partial charge on any atom is -0.382 e. The molecule has 25 heavy (non-hydrogen) atoms. The first-order valence-electron chi connectivity index (χ1n) is 9.96. The minimum atomic E-state index is -0.776.